The van der Waals surface area contributed by atoms with E-state index in [0.29, 0.717) is 17.8 Å². The molecule has 0 N–H and O–H groups in total. The Labute approximate surface area is 108 Å². The fraction of sp³-hybridized carbons (Fsp3) is 0.500. The number of rotatable bonds is 4. The van der Waals surface area contributed by atoms with Crippen molar-refractivity contribution in [2.75, 3.05) is 30.5 Å². The largest absolute Gasteiger partial charge is 0.372 e. The van der Waals surface area contributed by atoms with Crippen LogP contribution >= 0.6 is 0 Å². The first-order valence-electron chi connectivity index (χ1n) is 5.52. The lowest BCUT2D eigenvalue weighted by Crippen LogP contribution is -2.26. The number of anilines is 1. The predicted molar refractivity (Wildman–Crippen MR) is 71.4 cm³/mol. The standard InChI is InChI=1S/C12H17N3O2S/c1-9-7-12(11(8-13)10(2)14-9)15(3)5-6-18(4,16)17/h7H,5-6H2,1-4H3. The van der Waals surface area contributed by atoms with Gasteiger partial charge >= 0.3 is 0 Å². The van der Waals surface area contributed by atoms with E-state index in [9.17, 15) is 8.42 Å². The molecule has 0 fully saturated rings. The molecule has 0 radical (unpaired) electrons. The van der Waals surface area contributed by atoms with Crippen molar-refractivity contribution in [3.8, 4) is 6.07 Å². The Morgan fingerprint density at radius 1 is 1.44 bits per heavy atom. The van der Waals surface area contributed by atoms with Crippen molar-refractivity contribution in [3.63, 3.8) is 0 Å². The zero-order chi connectivity index (χ0) is 13.9. The third kappa shape index (κ3) is 3.70. The Bertz CT molecular complexity index is 588. The highest BCUT2D eigenvalue weighted by atomic mass is 32.2. The number of hydrogen-bond donors (Lipinski definition) is 0. The van der Waals surface area contributed by atoms with Crippen LogP contribution in [-0.2, 0) is 9.84 Å². The van der Waals surface area contributed by atoms with E-state index in [0.717, 1.165) is 11.4 Å². The van der Waals surface area contributed by atoms with Gasteiger partial charge in [-0.05, 0) is 19.9 Å². The van der Waals surface area contributed by atoms with Gasteiger partial charge in [-0.25, -0.2) is 8.42 Å². The topological polar surface area (TPSA) is 74.1 Å². The number of aryl methyl sites for hydroxylation is 2. The van der Waals surface area contributed by atoms with Crippen molar-refractivity contribution in [3.05, 3.63) is 23.0 Å². The molecular formula is C12H17N3O2S. The maximum Gasteiger partial charge on any atom is 0.149 e. The molecule has 0 unspecified atom stereocenters. The summed E-state index contributed by atoms with van der Waals surface area (Å²) < 4.78 is 22.3. The smallest absolute Gasteiger partial charge is 0.149 e. The van der Waals surface area contributed by atoms with Crippen molar-refractivity contribution < 1.29 is 8.42 Å². The van der Waals surface area contributed by atoms with Gasteiger partial charge < -0.3 is 4.90 Å². The molecule has 0 bridgehead atoms. The molecule has 0 aliphatic rings. The van der Waals surface area contributed by atoms with Crippen molar-refractivity contribution in [2.45, 2.75) is 13.8 Å². The van der Waals surface area contributed by atoms with Crippen LogP contribution in [0.15, 0.2) is 6.07 Å². The molecule has 0 aliphatic carbocycles. The zero-order valence-corrected chi connectivity index (χ0v) is 11.9. The minimum Gasteiger partial charge on any atom is -0.372 e. The number of nitriles is 1. The molecule has 0 atom stereocenters. The van der Waals surface area contributed by atoms with E-state index in [-0.39, 0.29) is 5.75 Å². The lowest BCUT2D eigenvalue weighted by atomic mass is 10.1. The van der Waals surface area contributed by atoms with Crippen molar-refractivity contribution in [2.24, 2.45) is 0 Å². The van der Waals surface area contributed by atoms with Crippen LogP contribution in [0.5, 0.6) is 0 Å². The SMILES string of the molecule is Cc1cc(N(C)CCS(C)(=O)=O)c(C#N)c(C)n1. The van der Waals surface area contributed by atoms with E-state index in [4.69, 9.17) is 5.26 Å². The molecule has 0 aromatic carbocycles. The molecule has 0 spiro atoms. The maximum absolute atomic E-state index is 11.2. The van der Waals surface area contributed by atoms with Gasteiger partial charge in [0.25, 0.3) is 0 Å². The number of sulfone groups is 1. The summed E-state index contributed by atoms with van der Waals surface area (Å²) in [4.78, 5) is 6.01. The van der Waals surface area contributed by atoms with Crippen LogP contribution in [0.4, 0.5) is 5.69 Å². The average molecular weight is 267 g/mol. The van der Waals surface area contributed by atoms with Crippen LogP contribution < -0.4 is 4.90 Å². The number of pyridine rings is 1. The van der Waals surface area contributed by atoms with E-state index < -0.39 is 9.84 Å². The highest BCUT2D eigenvalue weighted by molar-refractivity contribution is 7.90. The van der Waals surface area contributed by atoms with E-state index in [1.807, 2.05) is 6.92 Å². The van der Waals surface area contributed by atoms with Gasteiger partial charge in [-0.15, -0.1) is 0 Å². The van der Waals surface area contributed by atoms with E-state index in [1.165, 1.54) is 6.26 Å². The fourth-order valence-corrected chi connectivity index (χ4v) is 2.28. The summed E-state index contributed by atoms with van der Waals surface area (Å²) in [5, 5.41) is 9.13. The lowest BCUT2D eigenvalue weighted by molar-refractivity contribution is 0.601. The van der Waals surface area contributed by atoms with Crippen LogP contribution in [0, 0.1) is 25.2 Å². The van der Waals surface area contributed by atoms with Gasteiger partial charge in [0, 0.05) is 25.5 Å². The third-order valence-corrected chi connectivity index (χ3v) is 3.55. The first-order valence-corrected chi connectivity index (χ1v) is 7.58. The van der Waals surface area contributed by atoms with Gasteiger partial charge in [0.2, 0.25) is 0 Å². The van der Waals surface area contributed by atoms with E-state index >= 15 is 0 Å². The Kier molecular flexibility index (Phi) is 4.30. The minimum atomic E-state index is -3.01. The molecule has 0 amide bonds. The van der Waals surface area contributed by atoms with Gasteiger partial charge in [0.15, 0.2) is 0 Å². The van der Waals surface area contributed by atoms with Gasteiger partial charge in [-0.2, -0.15) is 5.26 Å². The molecule has 1 rings (SSSR count). The third-order valence-electron chi connectivity index (χ3n) is 2.63. The second kappa shape index (κ2) is 5.36. The molecule has 0 aliphatic heterocycles. The quantitative estimate of drug-likeness (QED) is 0.815. The highest BCUT2D eigenvalue weighted by Gasteiger charge is 2.13. The van der Waals surface area contributed by atoms with Crippen molar-refractivity contribution >= 4 is 15.5 Å². The molecular weight excluding hydrogens is 250 g/mol. The predicted octanol–water partition coefficient (Wildman–Crippen LogP) is 1.05. The summed E-state index contributed by atoms with van der Waals surface area (Å²) in [6, 6.07) is 3.91. The molecule has 5 nitrogen and oxygen atoms in total. The number of aromatic nitrogens is 1. The summed E-state index contributed by atoms with van der Waals surface area (Å²) in [5.41, 5.74) is 2.70. The van der Waals surface area contributed by atoms with Crippen molar-refractivity contribution in [1.29, 1.82) is 5.26 Å². The maximum atomic E-state index is 11.2. The van der Waals surface area contributed by atoms with Crippen LogP contribution in [0.3, 0.4) is 0 Å². The van der Waals surface area contributed by atoms with Gasteiger partial charge in [-0.1, -0.05) is 0 Å². The van der Waals surface area contributed by atoms with Crippen LogP contribution in [0.1, 0.15) is 17.0 Å². The molecule has 0 saturated heterocycles. The van der Waals surface area contributed by atoms with E-state index in [1.54, 1.807) is 24.9 Å². The molecule has 0 saturated carbocycles. The Morgan fingerprint density at radius 3 is 2.56 bits per heavy atom. The summed E-state index contributed by atoms with van der Waals surface area (Å²) in [5.74, 6) is 0.0643. The van der Waals surface area contributed by atoms with Gasteiger partial charge in [0.1, 0.15) is 15.9 Å². The molecule has 6 heteroatoms. The van der Waals surface area contributed by atoms with Gasteiger partial charge in [0.05, 0.1) is 22.7 Å². The second-order valence-corrected chi connectivity index (χ2v) is 6.67. The first-order chi connectivity index (χ1) is 8.24. The number of nitrogens with zero attached hydrogens (tertiary/aromatic N) is 3. The highest BCUT2D eigenvalue weighted by Crippen LogP contribution is 2.22. The summed E-state index contributed by atoms with van der Waals surface area (Å²) in [6.45, 7) is 3.98. The fourth-order valence-electron chi connectivity index (χ4n) is 1.67. The van der Waals surface area contributed by atoms with Crippen LogP contribution in [-0.4, -0.2) is 39.0 Å². The Morgan fingerprint density at radius 2 is 2.06 bits per heavy atom. The Balaban J connectivity index is 3.06. The lowest BCUT2D eigenvalue weighted by Gasteiger charge is -2.21. The van der Waals surface area contributed by atoms with Gasteiger partial charge in [-0.3, -0.25) is 4.98 Å². The minimum absolute atomic E-state index is 0.0643. The van der Waals surface area contributed by atoms with E-state index in [2.05, 4.69) is 11.1 Å². The first kappa shape index (κ1) is 14.5. The molecule has 1 aromatic heterocycles. The second-order valence-electron chi connectivity index (χ2n) is 4.41. The molecule has 98 valence electrons. The summed E-state index contributed by atoms with van der Waals surface area (Å²) in [7, 11) is -1.23. The van der Waals surface area contributed by atoms with Crippen molar-refractivity contribution in [1.82, 2.24) is 4.98 Å². The summed E-state index contributed by atoms with van der Waals surface area (Å²) >= 11 is 0. The monoisotopic (exact) mass is 267 g/mol. The van der Waals surface area contributed by atoms with Crippen LogP contribution in [0.2, 0.25) is 0 Å². The zero-order valence-electron chi connectivity index (χ0n) is 11.1. The molecule has 1 aromatic rings. The van der Waals surface area contributed by atoms with Crippen LogP contribution in [0.25, 0.3) is 0 Å². The molecule has 1 heterocycles. The number of hydrogen-bond acceptors (Lipinski definition) is 5. The normalized spacial score (nSPS) is 11.1. The average Bonchev–Trinajstić information content (AvgIpc) is 2.24. The summed E-state index contributed by atoms with van der Waals surface area (Å²) in [6.07, 6.45) is 1.20. The Hall–Kier alpha value is -1.61. The molecule has 18 heavy (non-hydrogen) atoms.